The summed E-state index contributed by atoms with van der Waals surface area (Å²) in [5, 5.41) is 6.61. The Morgan fingerprint density at radius 3 is 2.65 bits per heavy atom. The van der Waals surface area contributed by atoms with E-state index in [1.807, 2.05) is 13.0 Å². The summed E-state index contributed by atoms with van der Waals surface area (Å²) in [5.74, 6) is -2.29. The van der Waals surface area contributed by atoms with Crippen LogP contribution in [0.15, 0.2) is 33.5 Å². The highest BCUT2D eigenvalue weighted by molar-refractivity contribution is 7.87. The number of nitrogens with one attached hydrogen (secondary N) is 2. The summed E-state index contributed by atoms with van der Waals surface area (Å²) in [6.45, 7) is 5.44. The number of rotatable bonds is 6. The Hall–Kier alpha value is -2.24. The van der Waals surface area contributed by atoms with Gasteiger partial charge in [0.2, 0.25) is 5.89 Å². The molecule has 2 N–H and O–H groups in total. The maximum absolute atomic E-state index is 14.9. The minimum atomic E-state index is -4.14. The highest BCUT2D eigenvalue weighted by Gasteiger charge is 2.36. The SMILES string of the molecule is Cc1ccc(F)c([C@@H](C)[C@H](NS(=O)(=O)N2CCc3ccc(Cl)c(Cl)c3C2)c2n[nH]c(=O)o2)c1C. The summed E-state index contributed by atoms with van der Waals surface area (Å²) in [7, 11) is -4.14. The molecule has 2 atom stereocenters. The standard InChI is InChI=1S/C22H23Cl2FN4O4S/c1-11-4-7-17(25)18(12(11)2)13(3)20(21-26-27-22(30)33-21)28-34(31,32)29-9-8-14-5-6-16(23)19(24)15(14)10-29/h4-7,13,20,28H,8-10H2,1-3H3,(H,27,30)/t13-,20+/m1/s1. The molecule has 8 nitrogen and oxygen atoms in total. The molecule has 4 rings (SSSR count). The molecule has 0 radical (unpaired) electrons. The number of aryl methyl sites for hydroxylation is 1. The molecular formula is C22H23Cl2FN4O4S. The van der Waals surface area contributed by atoms with Gasteiger partial charge in [-0.3, -0.25) is 0 Å². The van der Waals surface area contributed by atoms with Gasteiger partial charge in [-0.1, -0.05) is 42.3 Å². The number of nitrogens with zero attached hydrogens (tertiary/aromatic N) is 2. The molecule has 0 bridgehead atoms. The van der Waals surface area contributed by atoms with Gasteiger partial charge < -0.3 is 4.42 Å². The van der Waals surface area contributed by atoms with Crippen molar-refractivity contribution in [3.8, 4) is 0 Å². The van der Waals surface area contributed by atoms with Gasteiger partial charge in [-0.25, -0.2) is 14.3 Å². The number of aromatic amines is 1. The third-order valence-electron chi connectivity index (χ3n) is 6.28. The van der Waals surface area contributed by atoms with Crippen molar-refractivity contribution in [1.29, 1.82) is 0 Å². The number of hydrogen-bond donors (Lipinski definition) is 2. The summed E-state index contributed by atoms with van der Waals surface area (Å²) in [6.07, 6.45) is 0.441. The molecule has 0 amide bonds. The number of halogens is 3. The molecule has 0 fully saturated rings. The Morgan fingerprint density at radius 1 is 1.24 bits per heavy atom. The van der Waals surface area contributed by atoms with Crippen LogP contribution in [0.25, 0.3) is 0 Å². The number of benzene rings is 2. The molecule has 0 saturated heterocycles. The predicted octanol–water partition coefficient (Wildman–Crippen LogP) is 4.16. The van der Waals surface area contributed by atoms with Crippen LogP contribution in [0.3, 0.4) is 0 Å². The lowest BCUT2D eigenvalue weighted by molar-refractivity contribution is 0.347. The molecular weight excluding hydrogens is 506 g/mol. The molecule has 2 heterocycles. The summed E-state index contributed by atoms with van der Waals surface area (Å²) in [5.41, 5.74) is 3.36. The lowest BCUT2D eigenvalue weighted by Crippen LogP contribution is -2.45. The molecule has 1 aliphatic rings. The van der Waals surface area contributed by atoms with Crippen LogP contribution in [0.5, 0.6) is 0 Å². The predicted molar refractivity (Wildman–Crippen MR) is 127 cm³/mol. The average Bonchev–Trinajstić information content (AvgIpc) is 3.23. The topological polar surface area (TPSA) is 108 Å². The van der Waals surface area contributed by atoms with E-state index in [0.29, 0.717) is 33.2 Å². The zero-order valence-electron chi connectivity index (χ0n) is 18.7. The third-order valence-corrected chi connectivity index (χ3v) is 8.67. The largest absolute Gasteiger partial charge is 0.434 e. The van der Waals surface area contributed by atoms with Crippen LogP contribution in [0.1, 0.15) is 52.6 Å². The summed E-state index contributed by atoms with van der Waals surface area (Å²) in [4.78, 5) is 11.6. The zero-order valence-corrected chi connectivity index (χ0v) is 21.0. The first-order valence-corrected chi connectivity index (χ1v) is 12.7. The quantitative estimate of drug-likeness (QED) is 0.499. The highest BCUT2D eigenvalue weighted by Crippen LogP contribution is 2.36. The van der Waals surface area contributed by atoms with Crippen molar-refractivity contribution in [1.82, 2.24) is 19.2 Å². The van der Waals surface area contributed by atoms with Gasteiger partial charge in [0.1, 0.15) is 11.9 Å². The van der Waals surface area contributed by atoms with Crippen LogP contribution in [0.2, 0.25) is 10.0 Å². The highest BCUT2D eigenvalue weighted by atomic mass is 35.5. The minimum Gasteiger partial charge on any atom is -0.391 e. The Morgan fingerprint density at radius 2 is 1.97 bits per heavy atom. The number of aromatic nitrogens is 2. The number of hydrogen-bond acceptors (Lipinski definition) is 5. The van der Waals surface area contributed by atoms with E-state index in [1.165, 1.54) is 10.4 Å². The zero-order chi connectivity index (χ0) is 24.8. The first-order valence-electron chi connectivity index (χ1n) is 10.5. The van der Waals surface area contributed by atoms with E-state index in [-0.39, 0.29) is 19.0 Å². The van der Waals surface area contributed by atoms with E-state index < -0.39 is 33.7 Å². The van der Waals surface area contributed by atoms with Crippen LogP contribution in [-0.2, 0) is 23.2 Å². The van der Waals surface area contributed by atoms with Gasteiger partial charge in [0.05, 0.1) is 10.0 Å². The van der Waals surface area contributed by atoms with Crippen LogP contribution in [0, 0.1) is 19.7 Å². The Kier molecular flexibility index (Phi) is 6.90. The first-order chi connectivity index (χ1) is 16.0. The van der Waals surface area contributed by atoms with E-state index in [1.54, 1.807) is 26.0 Å². The molecule has 1 aromatic heterocycles. The smallest absolute Gasteiger partial charge is 0.391 e. The number of fused-ring (bicyclic) bond motifs is 1. The normalized spacial score (nSPS) is 16.3. The second-order valence-electron chi connectivity index (χ2n) is 8.33. The van der Waals surface area contributed by atoms with Crippen LogP contribution in [0.4, 0.5) is 4.39 Å². The molecule has 2 aromatic carbocycles. The van der Waals surface area contributed by atoms with Crippen molar-refractivity contribution in [2.75, 3.05) is 6.54 Å². The van der Waals surface area contributed by atoms with Crippen molar-refractivity contribution in [3.63, 3.8) is 0 Å². The lowest BCUT2D eigenvalue weighted by atomic mass is 9.88. The molecule has 34 heavy (non-hydrogen) atoms. The fourth-order valence-corrected chi connectivity index (χ4v) is 6.08. The molecule has 0 spiro atoms. The Balaban J connectivity index is 1.71. The fourth-order valence-electron chi connectivity index (χ4n) is 4.25. The summed E-state index contributed by atoms with van der Waals surface area (Å²) in [6, 6.07) is 5.33. The van der Waals surface area contributed by atoms with E-state index in [4.69, 9.17) is 27.6 Å². The summed E-state index contributed by atoms with van der Waals surface area (Å²) >= 11 is 12.5. The Labute approximate surface area is 206 Å². The van der Waals surface area contributed by atoms with Crippen molar-refractivity contribution in [2.45, 2.75) is 45.7 Å². The molecule has 3 aromatic rings. The molecule has 0 unspecified atom stereocenters. The van der Waals surface area contributed by atoms with E-state index in [2.05, 4.69) is 14.9 Å². The van der Waals surface area contributed by atoms with Gasteiger partial charge in [0, 0.05) is 19.0 Å². The Bertz CT molecular complexity index is 1410. The van der Waals surface area contributed by atoms with Crippen molar-refractivity contribution < 1.29 is 17.2 Å². The molecule has 0 saturated carbocycles. The van der Waals surface area contributed by atoms with Gasteiger partial charge in [-0.2, -0.15) is 17.4 Å². The first kappa shape index (κ1) is 24.9. The number of H-pyrrole nitrogens is 1. The average molecular weight is 529 g/mol. The lowest BCUT2D eigenvalue weighted by Gasteiger charge is -2.32. The van der Waals surface area contributed by atoms with E-state index >= 15 is 0 Å². The van der Waals surface area contributed by atoms with Gasteiger partial charge in [0.15, 0.2) is 0 Å². The van der Waals surface area contributed by atoms with Crippen molar-refractivity contribution >= 4 is 33.4 Å². The van der Waals surface area contributed by atoms with E-state index in [9.17, 15) is 17.6 Å². The maximum atomic E-state index is 14.9. The van der Waals surface area contributed by atoms with Crippen molar-refractivity contribution in [2.24, 2.45) is 0 Å². The second-order valence-corrected chi connectivity index (χ2v) is 10.8. The molecule has 182 valence electrons. The van der Waals surface area contributed by atoms with Crippen LogP contribution in [-0.4, -0.2) is 29.5 Å². The van der Waals surface area contributed by atoms with Gasteiger partial charge in [-0.05, 0) is 60.2 Å². The fraction of sp³-hybridized carbons (Fsp3) is 0.364. The van der Waals surface area contributed by atoms with Gasteiger partial charge >= 0.3 is 5.76 Å². The monoisotopic (exact) mass is 528 g/mol. The molecule has 1 aliphatic heterocycles. The molecule has 12 heteroatoms. The van der Waals surface area contributed by atoms with E-state index in [0.717, 1.165) is 11.1 Å². The van der Waals surface area contributed by atoms with Gasteiger partial charge in [0.25, 0.3) is 10.2 Å². The maximum Gasteiger partial charge on any atom is 0.434 e. The summed E-state index contributed by atoms with van der Waals surface area (Å²) < 4.78 is 50.6. The van der Waals surface area contributed by atoms with Crippen LogP contribution >= 0.6 is 23.2 Å². The van der Waals surface area contributed by atoms with Gasteiger partial charge in [-0.15, -0.1) is 5.10 Å². The third kappa shape index (κ3) is 4.65. The molecule has 0 aliphatic carbocycles. The van der Waals surface area contributed by atoms with Crippen molar-refractivity contribution in [3.05, 3.63) is 84.4 Å². The van der Waals surface area contributed by atoms with Crippen LogP contribution < -0.4 is 10.5 Å². The second kappa shape index (κ2) is 9.43. The minimum absolute atomic E-state index is 0.00745.